The molecule has 1 aromatic carbocycles. The molecule has 1 amide bonds. The maximum absolute atomic E-state index is 12.2. The summed E-state index contributed by atoms with van der Waals surface area (Å²) in [4.78, 5) is 14.7. The Labute approximate surface area is 165 Å². The highest BCUT2D eigenvalue weighted by Crippen LogP contribution is 2.44. The summed E-state index contributed by atoms with van der Waals surface area (Å²) < 4.78 is 11.6. The van der Waals surface area contributed by atoms with Gasteiger partial charge >= 0.3 is 0 Å². The minimum absolute atomic E-state index is 0.103. The Hall–Kier alpha value is -2.34. The molecule has 0 radical (unpaired) electrons. The Bertz CT molecular complexity index is 873. The van der Waals surface area contributed by atoms with Gasteiger partial charge in [-0.1, -0.05) is 5.16 Å². The van der Waals surface area contributed by atoms with Crippen LogP contribution in [-0.2, 0) is 4.79 Å². The fourth-order valence-electron chi connectivity index (χ4n) is 4.35. The van der Waals surface area contributed by atoms with E-state index < -0.39 is 0 Å². The molecule has 148 valence electrons. The van der Waals surface area contributed by atoms with Crippen molar-refractivity contribution in [1.29, 1.82) is 0 Å². The average Bonchev–Trinajstić information content (AvgIpc) is 3.59. The molecule has 0 spiro atoms. The Morgan fingerprint density at radius 3 is 2.75 bits per heavy atom. The maximum atomic E-state index is 12.2. The van der Waals surface area contributed by atoms with Crippen LogP contribution < -0.4 is 10.1 Å². The van der Waals surface area contributed by atoms with E-state index in [4.69, 9.17) is 9.26 Å². The number of piperidine rings is 1. The van der Waals surface area contributed by atoms with Crippen molar-refractivity contribution in [3.63, 3.8) is 0 Å². The quantitative estimate of drug-likeness (QED) is 0.793. The van der Waals surface area contributed by atoms with E-state index in [-0.39, 0.29) is 11.8 Å². The standard InChI is InChI=1S/C22H27N3O3/c1-13-21(14(2)28-24-13)19-10-18(23-22(26)15-3-4-15)5-6-20(19)27-8-7-25-11-16-9-17(16)12-25/h5-6,10,15-17H,3-4,7-9,11-12H2,1-2H3,(H,23,26)/t16-,17+. The summed E-state index contributed by atoms with van der Waals surface area (Å²) in [7, 11) is 0. The van der Waals surface area contributed by atoms with Crippen molar-refractivity contribution in [2.45, 2.75) is 33.1 Å². The van der Waals surface area contributed by atoms with Crippen molar-refractivity contribution in [3.05, 3.63) is 29.7 Å². The summed E-state index contributed by atoms with van der Waals surface area (Å²) in [6.07, 6.45) is 3.39. The van der Waals surface area contributed by atoms with Crippen molar-refractivity contribution in [2.75, 3.05) is 31.6 Å². The third-order valence-electron chi connectivity index (χ3n) is 6.22. The van der Waals surface area contributed by atoms with Gasteiger partial charge in [-0.2, -0.15) is 0 Å². The lowest BCUT2D eigenvalue weighted by Crippen LogP contribution is -2.27. The normalized spacial score (nSPS) is 23.5. The van der Waals surface area contributed by atoms with Gasteiger partial charge in [-0.15, -0.1) is 0 Å². The Morgan fingerprint density at radius 2 is 2.07 bits per heavy atom. The number of aryl methyl sites for hydroxylation is 2. The molecule has 3 aliphatic rings. The van der Waals surface area contributed by atoms with Crippen LogP contribution in [0.2, 0.25) is 0 Å². The van der Waals surface area contributed by atoms with Crippen LogP contribution in [0.5, 0.6) is 5.75 Å². The van der Waals surface area contributed by atoms with Crippen LogP contribution in [0.25, 0.3) is 11.1 Å². The SMILES string of the molecule is Cc1noc(C)c1-c1cc(NC(=O)C2CC2)ccc1OCCN1C[C@H]2C[C@H]2C1. The summed E-state index contributed by atoms with van der Waals surface area (Å²) in [6.45, 7) is 7.89. The third kappa shape index (κ3) is 3.53. The Kier molecular flexibility index (Phi) is 4.38. The zero-order valence-electron chi connectivity index (χ0n) is 16.5. The van der Waals surface area contributed by atoms with Crippen molar-refractivity contribution in [3.8, 4) is 16.9 Å². The van der Waals surface area contributed by atoms with Gasteiger partial charge in [0, 0.05) is 36.8 Å². The number of nitrogens with one attached hydrogen (secondary N) is 1. The highest BCUT2D eigenvalue weighted by molar-refractivity contribution is 5.95. The van der Waals surface area contributed by atoms with Crippen LogP contribution in [0.3, 0.4) is 0 Å². The smallest absolute Gasteiger partial charge is 0.227 e. The lowest BCUT2D eigenvalue weighted by molar-refractivity contribution is -0.117. The topological polar surface area (TPSA) is 67.6 Å². The number of nitrogens with zero attached hydrogens (tertiary/aromatic N) is 2. The van der Waals surface area contributed by atoms with Crippen LogP contribution in [0.1, 0.15) is 30.7 Å². The molecule has 28 heavy (non-hydrogen) atoms. The number of aromatic nitrogens is 1. The summed E-state index contributed by atoms with van der Waals surface area (Å²) >= 11 is 0. The molecule has 2 atom stereocenters. The molecule has 2 aromatic rings. The van der Waals surface area contributed by atoms with Crippen molar-refractivity contribution in [2.24, 2.45) is 17.8 Å². The van der Waals surface area contributed by atoms with Crippen LogP contribution in [0.4, 0.5) is 5.69 Å². The second kappa shape index (κ2) is 6.92. The molecular formula is C22H27N3O3. The number of benzene rings is 1. The molecule has 6 nitrogen and oxygen atoms in total. The highest BCUT2D eigenvalue weighted by Gasteiger charge is 2.44. The summed E-state index contributed by atoms with van der Waals surface area (Å²) in [5.74, 6) is 3.71. The Morgan fingerprint density at radius 1 is 1.29 bits per heavy atom. The van der Waals surface area contributed by atoms with E-state index in [1.54, 1.807) is 0 Å². The van der Waals surface area contributed by atoms with E-state index in [1.165, 1.54) is 19.5 Å². The van der Waals surface area contributed by atoms with Gasteiger partial charge in [0.25, 0.3) is 0 Å². The number of hydrogen-bond donors (Lipinski definition) is 1. The van der Waals surface area contributed by atoms with Gasteiger partial charge < -0.3 is 14.6 Å². The highest BCUT2D eigenvalue weighted by atomic mass is 16.5. The predicted molar refractivity (Wildman–Crippen MR) is 106 cm³/mol. The fraction of sp³-hybridized carbons (Fsp3) is 0.545. The summed E-state index contributed by atoms with van der Waals surface area (Å²) in [5.41, 5.74) is 3.49. The number of hydrogen-bond acceptors (Lipinski definition) is 5. The number of fused-ring (bicyclic) bond motifs is 1. The molecule has 2 heterocycles. The summed E-state index contributed by atoms with van der Waals surface area (Å²) in [5, 5.41) is 7.12. The van der Waals surface area contributed by atoms with Gasteiger partial charge in [0.2, 0.25) is 5.91 Å². The maximum Gasteiger partial charge on any atom is 0.227 e. The van der Waals surface area contributed by atoms with E-state index >= 15 is 0 Å². The first-order chi connectivity index (χ1) is 13.6. The van der Waals surface area contributed by atoms with E-state index in [1.807, 2.05) is 32.0 Å². The molecule has 1 N–H and O–H groups in total. The largest absolute Gasteiger partial charge is 0.492 e. The Balaban J connectivity index is 1.34. The zero-order chi connectivity index (χ0) is 19.3. The fourth-order valence-corrected chi connectivity index (χ4v) is 4.35. The second-order valence-electron chi connectivity index (χ2n) is 8.54. The van der Waals surface area contributed by atoms with Crippen LogP contribution in [-0.4, -0.2) is 42.2 Å². The number of anilines is 1. The van der Waals surface area contributed by atoms with Crippen LogP contribution in [0, 0.1) is 31.6 Å². The molecular weight excluding hydrogens is 354 g/mol. The molecule has 3 fully saturated rings. The molecule has 6 heteroatoms. The van der Waals surface area contributed by atoms with Crippen molar-refractivity contribution >= 4 is 11.6 Å². The predicted octanol–water partition coefficient (Wildman–Crippen LogP) is 3.64. The molecule has 1 aromatic heterocycles. The molecule has 5 rings (SSSR count). The average molecular weight is 381 g/mol. The minimum Gasteiger partial charge on any atom is -0.492 e. The van der Waals surface area contributed by atoms with Gasteiger partial charge in [0.05, 0.1) is 11.3 Å². The van der Waals surface area contributed by atoms with Crippen LogP contribution in [0.15, 0.2) is 22.7 Å². The van der Waals surface area contributed by atoms with E-state index in [2.05, 4.69) is 15.4 Å². The van der Waals surface area contributed by atoms with Gasteiger partial charge in [0.1, 0.15) is 18.1 Å². The molecule has 1 aliphatic heterocycles. The van der Waals surface area contributed by atoms with E-state index in [0.29, 0.717) is 6.61 Å². The first kappa shape index (κ1) is 17.7. The van der Waals surface area contributed by atoms with Crippen LogP contribution >= 0.6 is 0 Å². The number of likely N-dealkylation sites (tertiary alicyclic amines) is 1. The number of carbonyl (C=O) groups is 1. The summed E-state index contributed by atoms with van der Waals surface area (Å²) in [6, 6.07) is 5.85. The zero-order valence-corrected chi connectivity index (χ0v) is 16.5. The van der Waals surface area contributed by atoms with E-state index in [0.717, 1.165) is 65.2 Å². The van der Waals surface area contributed by atoms with Gasteiger partial charge in [-0.25, -0.2) is 0 Å². The number of ether oxygens (including phenoxy) is 1. The lowest BCUT2D eigenvalue weighted by atomic mass is 10.0. The molecule has 2 aliphatic carbocycles. The third-order valence-corrected chi connectivity index (χ3v) is 6.22. The number of carbonyl (C=O) groups excluding carboxylic acids is 1. The molecule has 0 unspecified atom stereocenters. The molecule has 0 bridgehead atoms. The van der Waals surface area contributed by atoms with E-state index in [9.17, 15) is 4.79 Å². The minimum atomic E-state index is 0.103. The number of amides is 1. The van der Waals surface area contributed by atoms with Crippen molar-refractivity contribution < 1.29 is 14.1 Å². The molecule has 2 saturated carbocycles. The monoisotopic (exact) mass is 381 g/mol. The lowest BCUT2D eigenvalue weighted by Gasteiger charge is -2.19. The van der Waals surface area contributed by atoms with Crippen molar-refractivity contribution in [1.82, 2.24) is 10.1 Å². The van der Waals surface area contributed by atoms with Gasteiger partial charge in [-0.05, 0) is 63.1 Å². The molecule has 1 saturated heterocycles. The van der Waals surface area contributed by atoms with Gasteiger partial charge in [-0.3, -0.25) is 9.69 Å². The second-order valence-corrected chi connectivity index (χ2v) is 8.54. The first-order valence-corrected chi connectivity index (χ1v) is 10.3. The van der Waals surface area contributed by atoms with Gasteiger partial charge in [0.15, 0.2) is 0 Å². The number of rotatable bonds is 7. The first-order valence-electron chi connectivity index (χ1n) is 10.3.